The first-order chi connectivity index (χ1) is 21.0. The van der Waals surface area contributed by atoms with Crippen LogP contribution < -0.4 is 21.3 Å². The lowest BCUT2D eigenvalue weighted by atomic mass is 9.83. The molecule has 5 amide bonds. The minimum atomic E-state index is -1.26. The van der Waals surface area contributed by atoms with Gasteiger partial charge in [0.05, 0.1) is 12.1 Å². The molecule has 260 valence electrons. The summed E-state index contributed by atoms with van der Waals surface area (Å²) in [4.78, 5) is 67.7. The Bertz CT molecular complexity index is 987. The number of likely N-dealkylation sites (tertiary alicyclic amines) is 1. The number of thioether (sulfide) groups is 1. The molecule has 45 heavy (non-hydrogen) atoms. The molecule has 0 aromatic rings. The normalized spacial score (nSPS) is 19.6. The van der Waals surface area contributed by atoms with E-state index in [1.807, 2.05) is 40.9 Å². The number of aliphatic hydroxyl groups is 1. The van der Waals surface area contributed by atoms with E-state index < -0.39 is 65.5 Å². The summed E-state index contributed by atoms with van der Waals surface area (Å²) in [7, 11) is 0. The van der Waals surface area contributed by atoms with Gasteiger partial charge in [-0.2, -0.15) is 11.8 Å². The second-order valence-electron chi connectivity index (χ2n) is 13.6. The van der Waals surface area contributed by atoms with Crippen LogP contribution in [0.1, 0.15) is 88.0 Å². The number of carbonyl (C=O) groups excluding carboxylic acids is 5. The van der Waals surface area contributed by atoms with Crippen LogP contribution in [0.3, 0.4) is 0 Å². The van der Waals surface area contributed by atoms with Gasteiger partial charge in [-0.25, -0.2) is 4.79 Å². The Labute approximate surface area is 274 Å². The molecule has 0 aromatic carbocycles. The second-order valence-corrected chi connectivity index (χ2v) is 14.6. The van der Waals surface area contributed by atoms with Gasteiger partial charge in [-0.3, -0.25) is 19.2 Å². The molecular weight excluding hydrogens is 598 g/mol. The molecule has 6 atom stereocenters. The number of carbonyl (C=O) groups is 5. The Balaban J connectivity index is 3.28. The highest BCUT2D eigenvalue weighted by Gasteiger charge is 2.50. The van der Waals surface area contributed by atoms with E-state index in [2.05, 4.69) is 21.3 Å². The standard InChI is InChI=1S/C32H59N5O7S/c1-11-13-15-33-29(41)25(20(5)6)36-28(40)24-21(18-37(12-2)30(24)42)26(38)23(17-19(3)4)34-27(39)22(14-16-45-10)35-31(43)44-32(7,8)9/h19-26,38H,11-18H2,1-10H3,(H,33,41)(H,34,39)(H,35,43)(H,36,40)/t21-,22+,23+,24-,25+,26+/m1/s1. The number of rotatable bonds is 18. The zero-order valence-electron chi connectivity index (χ0n) is 29.0. The van der Waals surface area contributed by atoms with Gasteiger partial charge in [0.25, 0.3) is 0 Å². The summed E-state index contributed by atoms with van der Waals surface area (Å²) in [6.07, 6.45) is 2.34. The van der Waals surface area contributed by atoms with Gasteiger partial charge in [-0.1, -0.05) is 41.0 Å². The molecule has 13 heteroatoms. The summed E-state index contributed by atoms with van der Waals surface area (Å²) in [5, 5.41) is 23.0. The van der Waals surface area contributed by atoms with E-state index in [9.17, 15) is 29.1 Å². The molecule has 0 bridgehead atoms. The average Bonchev–Trinajstić information content (AvgIpc) is 3.27. The molecule has 1 heterocycles. The molecule has 0 saturated carbocycles. The van der Waals surface area contributed by atoms with Gasteiger partial charge < -0.3 is 36.0 Å². The van der Waals surface area contributed by atoms with Crippen molar-refractivity contribution < 1.29 is 33.8 Å². The third kappa shape index (κ3) is 13.4. The summed E-state index contributed by atoms with van der Waals surface area (Å²) >= 11 is 1.53. The Morgan fingerprint density at radius 2 is 1.69 bits per heavy atom. The number of nitrogens with zero attached hydrogens (tertiary/aromatic N) is 1. The number of ether oxygens (including phenoxy) is 1. The third-order valence-corrected chi connectivity index (χ3v) is 8.34. The van der Waals surface area contributed by atoms with Crippen molar-refractivity contribution >= 4 is 41.5 Å². The van der Waals surface area contributed by atoms with Crippen molar-refractivity contribution in [1.29, 1.82) is 0 Å². The fourth-order valence-electron chi connectivity index (χ4n) is 5.33. The molecule has 1 fully saturated rings. The maximum atomic E-state index is 13.7. The largest absolute Gasteiger partial charge is 0.444 e. The van der Waals surface area contributed by atoms with E-state index in [1.54, 1.807) is 27.7 Å². The van der Waals surface area contributed by atoms with E-state index in [0.717, 1.165) is 12.8 Å². The Hall–Kier alpha value is -2.54. The molecule has 0 aromatic heterocycles. The number of hydrogen-bond acceptors (Lipinski definition) is 8. The van der Waals surface area contributed by atoms with Gasteiger partial charge in [-0.05, 0) is 70.8 Å². The summed E-state index contributed by atoms with van der Waals surface area (Å²) in [5.41, 5.74) is -0.749. The molecule has 1 saturated heterocycles. The first-order valence-corrected chi connectivity index (χ1v) is 17.7. The highest BCUT2D eigenvalue weighted by Crippen LogP contribution is 2.31. The molecule has 0 unspecified atom stereocenters. The van der Waals surface area contributed by atoms with E-state index in [4.69, 9.17) is 4.74 Å². The number of alkyl carbamates (subject to hydrolysis) is 1. The zero-order chi connectivity index (χ0) is 34.5. The van der Waals surface area contributed by atoms with Crippen molar-refractivity contribution in [3.63, 3.8) is 0 Å². The predicted octanol–water partition coefficient (Wildman–Crippen LogP) is 2.68. The van der Waals surface area contributed by atoms with Gasteiger partial charge in [0.1, 0.15) is 23.6 Å². The van der Waals surface area contributed by atoms with Crippen LogP contribution in [-0.4, -0.2) is 101 Å². The highest BCUT2D eigenvalue weighted by atomic mass is 32.2. The van der Waals surface area contributed by atoms with Crippen LogP contribution in [0.4, 0.5) is 4.79 Å². The number of aliphatic hydroxyl groups excluding tert-OH is 1. The first kappa shape index (κ1) is 40.5. The lowest BCUT2D eigenvalue weighted by molar-refractivity contribution is -0.141. The maximum absolute atomic E-state index is 13.7. The lowest BCUT2D eigenvalue weighted by Crippen LogP contribution is -2.57. The quantitative estimate of drug-likeness (QED) is 0.111. The van der Waals surface area contributed by atoms with Gasteiger partial charge >= 0.3 is 6.09 Å². The fourth-order valence-corrected chi connectivity index (χ4v) is 5.80. The molecule has 1 aliphatic heterocycles. The highest BCUT2D eigenvalue weighted by molar-refractivity contribution is 7.98. The van der Waals surface area contributed by atoms with E-state index >= 15 is 0 Å². The summed E-state index contributed by atoms with van der Waals surface area (Å²) in [6.45, 7) is 17.5. The number of nitrogens with one attached hydrogen (secondary N) is 4. The summed E-state index contributed by atoms with van der Waals surface area (Å²) < 4.78 is 5.36. The second kappa shape index (κ2) is 19.2. The van der Waals surface area contributed by atoms with Crippen LogP contribution in [0.5, 0.6) is 0 Å². The SMILES string of the molecule is CCCCNC(=O)[C@@H](NC(=O)[C@@H]1C(=O)N(CC)C[C@H]1[C@H](O)[C@H](CC(C)C)NC(=O)[C@H](CCSC)NC(=O)OC(C)(C)C)C(C)C. The van der Waals surface area contributed by atoms with Crippen LogP contribution in [0.15, 0.2) is 0 Å². The number of unbranched alkanes of at least 4 members (excludes halogenated alkanes) is 1. The molecule has 0 spiro atoms. The Kier molecular flexibility index (Phi) is 17.3. The number of hydrogen-bond donors (Lipinski definition) is 5. The lowest BCUT2D eigenvalue weighted by Gasteiger charge is -2.33. The minimum absolute atomic E-state index is 0.0530. The first-order valence-electron chi connectivity index (χ1n) is 16.3. The summed E-state index contributed by atoms with van der Waals surface area (Å²) in [6, 6.07) is -2.57. The molecule has 5 N–H and O–H groups in total. The zero-order valence-corrected chi connectivity index (χ0v) is 29.8. The van der Waals surface area contributed by atoms with Gasteiger partial charge in [0.15, 0.2) is 0 Å². The predicted molar refractivity (Wildman–Crippen MR) is 177 cm³/mol. The van der Waals surface area contributed by atoms with Crippen LogP contribution in [0, 0.1) is 23.7 Å². The van der Waals surface area contributed by atoms with Crippen molar-refractivity contribution in [2.45, 2.75) is 118 Å². The molecule has 1 aliphatic rings. The van der Waals surface area contributed by atoms with Gasteiger partial charge in [0.2, 0.25) is 23.6 Å². The molecule has 12 nitrogen and oxygen atoms in total. The van der Waals surface area contributed by atoms with Gasteiger partial charge in [0, 0.05) is 25.6 Å². The van der Waals surface area contributed by atoms with Crippen molar-refractivity contribution in [2.75, 3.05) is 31.6 Å². The topological polar surface area (TPSA) is 166 Å². The van der Waals surface area contributed by atoms with Crippen molar-refractivity contribution in [1.82, 2.24) is 26.2 Å². The number of amides is 5. The van der Waals surface area contributed by atoms with Crippen LogP contribution >= 0.6 is 11.8 Å². The van der Waals surface area contributed by atoms with E-state index in [-0.39, 0.29) is 24.3 Å². The monoisotopic (exact) mass is 657 g/mol. The molecule has 0 aliphatic carbocycles. The smallest absolute Gasteiger partial charge is 0.408 e. The Morgan fingerprint density at radius 1 is 1.04 bits per heavy atom. The van der Waals surface area contributed by atoms with Crippen molar-refractivity contribution in [3.05, 3.63) is 0 Å². The average molecular weight is 658 g/mol. The third-order valence-electron chi connectivity index (χ3n) is 7.70. The maximum Gasteiger partial charge on any atom is 0.408 e. The van der Waals surface area contributed by atoms with Gasteiger partial charge in [-0.15, -0.1) is 0 Å². The van der Waals surface area contributed by atoms with Crippen molar-refractivity contribution in [2.24, 2.45) is 23.7 Å². The van der Waals surface area contributed by atoms with Crippen molar-refractivity contribution in [3.8, 4) is 0 Å². The molecular formula is C32H59N5O7S. The van der Waals surface area contributed by atoms with Crippen LogP contribution in [0.25, 0.3) is 0 Å². The van der Waals surface area contributed by atoms with Crippen LogP contribution in [0.2, 0.25) is 0 Å². The minimum Gasteiger partial charge on any atom is -0.444 e. The molecule has 1 rings (SSSR count). The molecule has 0 radical (unpaired) electrons. The van der Waals surface area contributed by atoms with E-state index in [1.165, 1.54) is 16.7 Å². The Morgan fingerprint density at radius 3 is 2.20 bits per heavy atom. The summed E-state index contributed by atoms with van der Waals surface area (Å²) in [5.74, 6) is -3.50. The van der Waals surface area contributed by atoms with E-state index in [0.29, 0.717) is 31.7 Å². The fraction of sp³-hybridized carbons (Fsp3) is 0.844. The van der Waals surface area contributed by atoms with Crippen LogP contribution in [-0.2, 0) is 23.9 Å².